The van der Waals surface area contributed by atoms with Gasteiger partial charge < -0.3 is 10.1 Å². The minimum absolute atomic E-state index is 0. The lowest BCUT2D eigenvalue weighted by molar-refractivity contribution is -0.139. The Labute approximate surface area is 81.8 Å². The monoisotopic (exact) mass is 202 g/mol. The molecule has 1 aromatic heterocycles. The minimum atomic E-state index is -0.761. The number of halogens is 1. The number of aromatic nitrogens is 2. The van der Waals surface area contributed by atoms with Crippen LogP contribution >= 0.6 is 12.4 Å². The van der Waals surface area contributed by atoms with Crippen LogP contribution in [-0.2, 0) is 11.2 Å². The molecule has 13 heavy (non-hydrogen) atoms. The lowest BCUT2D eigenvalue weighted by Crippen LogP contribution is -2.17. The molecule has 0 aliphatic heterocycles. The summed E-state index contributed by atoms with van der Waals surface area (Å²) < 4.78 is 0. The van der Waals surface area contributed by atoms with Crippen LogP contribution in [0.25, 0.3) is 0 Å². The summed E-state index contributed by atoms with van der Waals surface area (Å²) >= 11 is 0. The van der Waals surface area contributed by atoms with Gasteiger partial charge in [-0.2, -0.15) is 0 Å². The van der Waals surface area contributed by atoms with Gasteiger partial charge in [-0.1, -0.05) is 0 Å². The van der Waals surface area contributed by atoms with Crippen LogP contribution in [0.3, 0.4) is 0 Å². The van der Waals surface area contributed by atoms with Crippen molar-refractivity contribution < 1.29 is 9.90 Å². The summed E-state index contributed by atoms with van der Waals surface area (Å²) in [4.78, 5) is 17.8. The van der Waals surface area contributed by atoms with Crippen molar-refractivity contribution in [2.75, 3.05) is 0 Å². The molecule has 0 bridgehead atoms. The number of hydrogen-bond acceptors (Lipinski definition) is 2. The van der Waals surface area contributed by atoms with Gasteiger partial charge in [0.05, 0.1) is 12.0 Å². The van der Waals surface area contributed by atoms with E-state index in [1.807, 2.05) is 0 Å². The van der Waals surface area contributed by atoms with Gasteiger partial charge in [-0.05, 0) is 19.3 Å². The third-order valence-corrected chi connectivity index (χ3v) is 2.30. The smallest absolute Gasteiger partial charge is 0.312 e. The lowest BCUT2D eigenvalue weighted by Gasteiger charge is -2.16. The first-order chi connectivity index (χ1) is 5.79. The first-order valence-corrected chi connectivity index (χ1v) is 4.04. The number of nitrogens with zero attached hydrogens (tertiary/aromatic N) is 1. The van der Waals surface area contributed by atoms with Crippen molar-refractivity contribution in [1.82, 2.24) is 9.97 Å². The molecule has 0 spiro atoms. The van der Waals surface area contributed by atoms with Gasteiger partial charge in [0.15, 0.2) is 0 Å². The van der Waals surface area contributed by atoms with Gasteiger partial charge in [0, 0.05) is 5.69 Å². The molecule has 2 N–H and O–H groups in total. The summed E-state index contributed by atoms with van der Waals surface area (Å²) in [6.45, 7) is 0. The molecule has 1 aromatic rings. The summed E-state index contributed by atoms with van der Waals surface area (Å²) in [6, 6.07) is 0. The van der Waals surface area contributed by atoms with Crippen molar-refractivity contribution in [3.05, 3.63) is 17.7 Å². The third-order valence-electron chi connectivity index (χ3n) is 2.30. The van der Waals surface area contributed by atoms with Crippen LogP contribution in [0.1, 0.15) is 30.1 Å². The molecule has 0 amide bonds. The second kappa shape index (κ2) is 3.79. The van der Waals surface area contributed by atoms with E-state index < -0.39 is 5.97 Å². The van der Waals surface area contributed by atoms with Crippen molar-refractivity contribution in [3.8, 4) is 0 Å². The molecular formula is C8H11ClN2O2. The number of carboxylic acid groups (broad SMARTS) is 1. The number of hydrogen-bond donors (Lipinski definition) is 2. The number of aromatic amines is 1. The predicted molar refractivity (Wildman–Crippen MR) is 49.2 cm³/mol. The summed E-state index contributed by atoms with van der Waals surface area (Å²) in [6.07, 6.45) is 4.16. The molecule has 0 saturated carbocycles. The lowest BCUT2D eigenvalue weighted by atomic mass is 9.90. The summed E-state index contributed by atoms with van der Waals surface area (Å²) in [7, 11) is 0. The predicted octanol–water partition coefficient (Wildman–Crippen LogP) is 1.34. The number of H-pyrrole nitrogens is 1. The molecule has 1 unspecified atom stereocenters. The highest BCUT2D eigenvalue weighted by molar-refractivity contribution is 5.85. The molecule has 5 heteroatoms. The van der Waals surface area contributed by atoms with Gasteiger partial charge in [0.2, 0.25) is 0 Å². The number of nitrogens with one attached hydrogen (secondary N) is 1. The Hall–Kier alpha value is -1.03. The average Bonchev–Trinajstić information content (AvgIpc) is 2.49. The molecule has 0 radical (unpaired) electrons. The van der Waals surface area contributed by atoms with Crippen LogP contribution in [0.5, 0.6) is 0 Å². The Balaban J connectivity index is 0.000000845. The maximum absolute atomic E-state index is 10.8. The third kappa shape index (κ3) is 1.67. The Morgan fingerprint density at radius 2 is 2.46 bits per heavy atom. The molecular weight excluding hydrogens is 192 g/mol. The summed E-state index contributed by atoms with van der Waals surface area (Å²) in [5.41, 5.74) is 1.72. The molecule has 0 saturated heterocycles. The van der Waals surface area contributed by atoms with Crippen LogP contribution in [0.15, 0.2) is 6.33 Å². The number of aryl methyl sites for hydroxylation is 1. The largest absolute Gasteiger partial charge is 0.481 e. The maximum Gasteiger partial charge on any atom is 0.312 e. The van der Waals surface area contributed by atoms with Crippen molar-refractivity contribution in [2.45, 2.75) is 25.2 Å². The number of fused-ring (bicyclic) bond motifs is 1. The van der Waals surface area contributed by atoms with Gasteiger partial charge in [0.25, 0.3) is 0 Å². The second-order valence-corrected chi connectivity index (χ2v) is 3.05. The van der Waals surface area contributed by atoms with Gasteiger partial charge in [-0.3, -0.25) is 4.79 Å². The Morgan fingerprint density at radius 1 is 1.69 bits per heavy atom. The molecule has 0 fully saturated rings. The van der Waals surface area contributed by atoms with Crippen molar-refractivity contribution in [2.24, 2.45) is 0 Å². The highest BCUT2D eigenvalue weighted by Crippen LogP contribution is 2.28. The zero-order valence-electron chi connectivity index (χ0n) is 6.99. The van der Waals surface area contributed by atoms with E-state index in [2.05, 4.69) is 9.97 Å². The number of carbonyl (C=O) groups is 1. The standard InChI is InChI=1S/C8H10N2O2.ClH/c11-8(12)5-2-1-3-6-7(5)10-4-9-6;/h4-5H,1-3H2,(H,9,10)(H,11,12);1H. The van der Waals surface area contributed by atoms with Crippen LogP contribution in [0.4, 0.5) is 0 Å². The average molecular weight is 203 g/mol. The van der Waals surface area contributed by atoms with E-state index >= 15 is 0 Å². The van der Waals surface area contributed by atoms with Crippen molar-refractivity contribution in [3.63, 3.8) is 0 Å². The fourth-order valence-electron chi connectivity index (χ4n) is 1.69. The maximum atomic E-state index is 10.8. The topological polar surface area (TPSA) is 66.0 Å². The number of rotatable bonds is 1. The van der Waals surface area contributed by atoms with Gasteiger partial charge in [-0.25, -0.2) is 4.98 Å². The summed E-state index contributed by atoms with van der Waals surface area (Å²) in [5.74, 6) is -1.15. The molecule has 1 atom stereocenters. The first kappa shape index (κ1) is 10.1. The number of imidazole rings is 1. The van der Waals surface area contributed by atoms with Gasteiger partial charge in [-0.15, -0.1) is 12.4 Å². The normalized spacial score (nSPS) is 20.2. The number of carboxylic acids is 1. The van der Waals surface area contributed by atoms with E-state index in [0.29, 0.717) is 6.42 Å². The highest BCUT2D eigenvalue weighted by atomic mass is 35.5. The molecule has 0 aromatic carbocycles. The quantitative estimate of drug-likeness (QED) is 0.722. The van der Waals surface area contributed by atoms with Crippen LogP contribution in [-0.4, -0.2) is 21.0 Å². The first-order valence-electron chi connectivity index (χ1n) is 4.04. The molecule has 4 nitrogen and oxygen atoms in total. The fraction of sp³-hybridized carbons (Fsp3) is 0.500. The van der Waals surface area contributed by atoms with Crippen molar-refractivity contribution in [1.29, 1.82) is 0 Å². The Morgan fingerprint density at radius 3 is 3.15 bits per heavy atom. The zero-order chi connectivity index (χ0) is 8.55. The summed E-state index contributed by atoms with van der Waals surface area (Å²) in [5, 5.41) is 8.85. The van der Waals surface area contributed by atoms with Crippen LogP contribution < -0.4 is 0 Å². The SMILES string of the molecule is Cl.O=C(O)C1CCCc2[nH]cnc21. The van der Waals surface area contributed by atoms with E-state index in [0.717, 1.165) is 24.2 Å². The fourth-order valence-corrected chi connectivity index (χ4v) is 1.69. The zero-order valence-corrected chi connectivity index (χ0v) is 7.80. The van der Waals surface area contributed by atoms with E-state index in [9.17, 15) is 4.79 Å². The molecule has 72 valence electrons. The Bertz CT molecular complexity index is 311. The van der Waals surface area contributed by atoms with E-state index in [4.69, 9.17) is 5.11 Å². The second-order valence-electron chi connectivity index (χ2n) is 3.05. The van der Waals surface area contributed by atoms with E-state index in [1.165, 1.54) is 0 Å². The molecule has 1 aliphatic carbocycles. The number of aliphatic carboxylic acids is 1. The van der Waals surface area contributed by atoms with E-state index in [1.54, 1.807) is 6.33 Å². The van der Waals surface area contributed by atoms with E-state index in [-0.39, 0.29) is 18.3 Å². The van der Waals surface area contributed by atoms with Crippen LogP contribution in [0.2, 0.25) is 0 Å². The van der Waals surface area contributed by atoms with Gasteiger partial charge in [0.1, 0.15) is 5.92 Å². The Kier molecular flexibility index (Phi) is 2.93. The minimum Gasteiger partial charge on any atom is -0.481 e. The molecule has 2 rings (SSSR count). The highest BCUT2D eigenvalue weighted by Gasteiger charge is 2.27. The van der Waals surface area contributed by atoms with Crippen molar-refractivity contribution >= 4 is 18.4 Å². The molecule has 1 heterocycles. The van der Waals surface area contributed by atoms with Gasteiger partial charge >= 0.3 is 5.97 Å². The molecule has 1 aliphatic rings. The van der Waals surface area contributed by atoms with Crippen LogP contribution in [0, 0.1) is 0 Å².